The highest BCUT2D eigenvalue weighted by molar-refractivity contribution is 7.12. The number of nitrogens with zero attached hydrogens (tertiary/aromatic N) is 1. The third-order valence-corrected chi connectivity index (χ3v) is 4.60. The van der Waals surface area contributed by atoms with Crippen LogP contribution in [-0.2, 0) is 6.54 Å². The van der Waals surface area contributed by atoms with Crippen molar-refractivity contribution >= 4 is 28.6 Å². The van der Waals surface area contributed by atoms with Gasteiger partial charge in [-0.05, 0) is 32.0 Å². The van der Waals surface area contributed by atoms with E-state index in [0.29, 0.717) is 17.1 Å². The molecule has 1 aromatic heterocycles. The van der Waals surface area contributed by atoms with Crippen LogP contribution in [0.3, 0.4) is 0 Å². The molecule has 4 nitrogen and oxygen atoms in total. The predicted molar refractivity (Wildman–Crippen MR) is 82.4 cm³/mol. The summed E-state index contributed by atoms with van der Waals surface area (Å²) >= 11 is 7.78. The molecule has 0 radical (unpaired) electrons. The summed E-state index contributed by atoms with van der Waals surface area (Å²) in [6, 6.07) is 9.00. The summed E-state index contributed by atoms with van der Waals surface area (Å²) in [5, 5.41) is 14.7. The minimum absolute atomic E-state index is 0.0551. The molecule has 1 atom stereocenters. The number of hydrogen-bond acceptors (Lipinski definition) is 4. The molecule has 0 saturated carbocycles. The number of nitro benzene ring substituents is 1. The van der Waals surface area contributed by atoms with Crippen molar-refractivity contribution in [1.82, 2.24) is 5.32 Å². The van der Waals surface area contributed by atoms with E-state index in [-0.39, 0.29) is 11.7 Å². The van der Waals surface area contributed by atoms with Gasteiger partial charge in [0, 0.05) is 28.4 Å². The summed E-state index contributed by atoms with van der Waals surface area (Å²) in [5.41, 5.74) is 0.582. The fourth-order valence-corrected chi connectivity index (χ4v) is 3.08. The second-order valence-electron chi connectivity index (χ2n) is 4.55. The lowest BCUT2D eigenvalue weighted by molar-refractivity contribution is -0.385. The van der Waals surface area contributed by atoms with Gasteiger partial charge in [-0.15, -0.1) is 11.3 Å². The smallest absolute Gasteiger partial charge is 0.275 e. The number of benzene rings is 1. The second kappa shape index (κ2) is 6.35. The Bertz CT molecular complexity index is 627. The van der Waals surface area contributed by atoms with Gasteiger partial charge in [0.15, 0.2) is 0 Å². The van der Waals surface area contributed by atoms with Crippen molar-refractivity contribution in [1.29, 1.82) is 0 Å². The Morgan fingerprint density at radius 3 is 2.75 bits per heavy atom. The van der Waals surface area contributed by atoms with Crippen LogP contribution in [0, 0.1) is 17.0 Å². The molecular formula is C14H15ClN2O2S. The summed E-state index contributed by atoms with van der Waals surface area (Å²) in [5.74, 6) is 0. The normalized spacial score (nSPS) is 12.3. The molecule has 2 rings (SSSR count). The van der Waals surface area contributed by atoms with Gasteiger partial charge in [-0.25, -0.2) is 0 Å². The Kier molecular flexibility index (Phi) is 4.75. The SMILES string of the molecule is Cc1ccc(C(C)NCc2c(Cl)cccc2[N+](=O)[O-])s1. The highest BCUT2D eigenvalue weighted by atomic mass is 35.5. The average molecular weight is 311 g/mol. The van der Waals surface area contributed by atoms with Crippen molar-refractivity contribution in [2.45, 2.75) is 26.4 Å². The fourth-order valence-electron chi connectivity index (χ4n) is 1.94. The highest BCUT2D eigenvalue weighted by Crippen LogP contribution is 2.28. The minimum Gasteiger partial charge on any atom is -0.305 e. The Balaban J connectivity index is 2.13. The van der Waals surface area contributed by atoms with E-state index in [1.54, 1.807) is 23.5 Å². The van der Waals surface area contributed by atoms with Crippen LogP contribution in [0.2, 0.25) is 5.02 Å². The molecule has 0 aliphatic heterocycles. The lowest BCUT2D eigenvalue weighted by atomic mass is 10.1. The first kappa shape index (κ1) is 15.0. The molecule has 1 heterocycles. The molecule has 106 valence electrons. The number of thiophene rings is 1. The van der Waals surface area contributed by atoms with Crippen molar-refractivity contribution in [2.24, 2.45) is 0 Å². The van der Waals surface area contributed by atoms with Gasteiger partial charge >= 0.3 is 0 Å². The zero-order chi connectivity index (χ0) is 14.7. The fraction of sp³-hybridized carbons (Fsp3) is 0.286. The standard InChI is InChI=1S/C14H15ClN2O2S/c1-9-6-7-14(20-9)10(2)16-8-11-12(15)4-3-5-13(11)17(18)19/h3-7,10,16H,8H2,1-2H3. The highest BCUT2D eigenvalue weighted by Gasteiger charge is 2.17. The molecule has 2 aromatic rings. The zero-order valence-electron chi connectivity index (χ0n) is 11.2. The van der Waals surface area contributed by atoms with E-state index in [1.165, 1.54) is 15.8 Å². The van der Waals surface area contributed by atoms with Gasteiger partial charge in [-0.2, -0.15) is 0 Å². The van der Waals surface area contributed by atoms with Gasteiger partial charge < -0.3 is 5.32 Å². The van der Waals surface area contributed by atoms with Gasteiger partial charge in [0.25, 0.3) is 5.69 Å². The quantitative estimate of drug-likeness (QED) is 0.655. The van der Waals surface area contributed by atoms with Gasteiger partial charge in [0.05, 0.1) is 15.5 Å². The molecule has 1 unspecified atom stereocenters. The topological polar surface area (TPSA) is 55.2 Å². The number of nitro groups is 1. The maximum absolute atomic E-state index is 11.0. The van der Waals surface area contributed by atoms with E-state index < -0.39 is 4.92 Å². The molecular weight excluding hydrogens is 296 g/mol. The first-order chi connectivity index (χ1) is 9.49. The summed E-state index contributed by atoms with van der Waals surface area (Å²) in [6.07, 6.45) is 0. The summed E-state index contributed by atoms with van der Waals surface area (Å²) in [6.45, 7) is 4.46. The molecule has 1 aromatic carbocycles. The van der Waals surface area contributed by atoms with Gasteiger partial charge in [0.2, 0.25) is 0 Å². The van der Waals surface area contributed by atoms with Crippen LogP contribution in [0.4, 0.5) is 5.69 Å². The van der Waals surface area contributed by atoms with Gasteiger partial charge in [-0.3, -0.25) is 10.1 Å². The third kappa shape index (κ3) is 3.36. The molecule has 0 aliphatic rings. The van der Waals surface area contributed by atoms with Crippen molar-refractivity contribution < 1.29 is 4.92 Å². The molecule has 1 N–H and O–H groups in total. The van der Waals surface area contributed by atoms with E-state index in [9.17, 15) is 10.1 Å². The van der Waals surface area contributed by atoms with Crippen LogP contribution in [0.5, 0.6) is 0 Å². The van der Waals surface area contributed by atoms with Crippen molar-refractivity contribution in [3.63, 3.8) is 0 Å². The lowest BCUT2D eigenvalue weighted by Gasteiger charge is -2.13. The molecule has 0 fully saturated rings. The third-order valence-electron chi connectivity index (χ3n) is 3.06. The Morgan fingerprint density at radius 2 is 2.15 bits per heavy atom. The molecule has 0 bridgehead atoms. The van der Waals surface area contributed by atoms with E-state index >= 15 is 0 Å². The maximum Gasteiger partial charge on any atom is 0.275 e. The number of rotatable bonds is 5. The number of nitrogens with one attached hydrogen (secondary N) is 1. The van der Waals surface area contributed by atoms with Crippen LogP contribution in [0.25, 0.3) is 0 Å². The molecule has 0 aliphatic carbocycles. The molecule has 0 saturated heterocycles. The Hall–Kier alpha value is -1.43. The first-order valence-corrected chi connectivity index (χ1v) is 7.40. The Labute approximate surface area is 126 Å². The number of hydrogen-bond donors (Lipinski definition) is 1. The molecule has 6 heteroatoms. The van der Waals surface area contributed by atoms with E-state index in [0.717, 1.165) is 0 Å². The second-order valence-corrected chi connectivity index (χ2v) is 6.27. The van der Waals surface area contributed by atoms with Crippen molar-refractivity contribution in [3.05, 3.63) is 60.8 Å². The van der Waals surface area contributed by atoms with Gasteiger partial charge in [0.1, 0.15) is 0 Å². The van der Waals surface area contributed by atoms with E-state index in [2.05, 4.69) is 24.4 Å². The van der Waals surface area contributed by atoms with E-state index in [4.69, 9.17) is 11.6 Å². The first-order valence-electron chi connectivity index (χ1n) is 6.20. The van der Waals surface area contributed by atoms with Crippen LogP contribution >= 0.6 is 22.9 Å². The number of halogens is 1. The van der Waals surface area contributed by atoms with Crippen LogP contribution in [0.15, 0.2) is 30.3 Å². The van der Waals surface area contributed by atoms with Crippen molar-refractivity contribution in [3.8, 4) is 0 Å². The monoisotopic (exact) mass is 310 g/mol. The average Bonchev–Trinajstić information content (AvgIpc) is 2.83. The predicted octanol–water partition coefficient (Wildman–Crippen LogP) is 4.47. The summed E-state index contributed by atoms with van der Waals surface area (Å²) in [4.78, 5) is 13.1. The largest absolute Gasteiger partial charge is 0.305 e. The molecule has 0 amide bonds. The number of aryl methyl sites for hydroxylation is 1. The van der Waals surface area contributed by atoms with E-state index in [1.807, 2.05) is 6.92 Å². The van der Waals surface area contributed by atoms with Gasteiger partial charge in [-0.1, -0.05) is 17.7 Å². The lowest BCUT2D eigenvalue weighted by Crippen LogP contribution is -2.18. The molecule has 0 spiro atoms. The van der Waals surface area contributed by atoms with Crippen LogP contribution < -0.4 is 5.32 Å². The molecule has 20 heavy (non-hydrogen) atoms. The van der Waals surface area contributed by atoms with Crippen molar-refractivity contribution in [2.75, 3.05) is 0 Å². The van der Waals surface area contributed by atoms with Crippen LogP contribution in [0.1, 0.15) is 28.3 Å². The summed E-state index contributed by atoms with van der Waals surface area (Å²) < 4.78 is 0. The maximum atomic E-state index is 11.0. The summed E-state index contributed by atoms with van der Waals surface area (Å²) in [7, 11) is 0. The van der Waals surface area contributed by atoms with Crippen LogP contribution in [-0.4, -0.2) is 4.92 Å². The zero-order valence-corrected chi connectivity index (χ0v) is 12.8. The Morgan fingerprint density at radius 1 is 1.40 bits per heavy atom. The minimum atomic E-state index is -0.400.